The largest absolute Gasteiger partial charge is 0.365 e. The Hall–Kier alpha value is -2.93. The van der Waals surface area contributed by atoms with E-state index in [2.05, 4.69) is 0 Å². The van der Waals surface area contributed by atoms with Crippen molar-refractivity contribution in [1.29, 1.82) is 0 Å². The highest BCUT2D eigenvalue weighted by Crippen LogP contribution is 2.14. The number of hydroxylamine groups is 1. The van der Waals surface area contributed by atoms with E-state index in [4.69, 9.17) is 16.6 Å². The average Bonchev–Trinajstić information content (AvgIpc) is 2.54. The van der Waals surface area contributed by atoms with Crippen LogP contribution >= 0.6 is 11.8 Å². The van der Waals surface area contributed by atoms with Crippen molar-refractivity contribution in [2.45, 2.75) is 0 Å². The highest BCUT2D eigenvalue weighted by Gasteiger charge is 2.20. The number of benzene rings is 2. The first-order chi connectivity index (χ1) is 10.5. The number of non-ortho nitro benzene ring substituents is 1. The summed E-state index contributed by atoms with van der Waals surface area (Å²) in [6.45, 7) is 0. The van der Waals surface area contributed by atoms with E-state index < -0.39 is 16.8 Å². The third kappa shape index (κ3) is 3.58. The fraction of sp³-hybridized carbons (Fsp3) is 0. The molecule has 0 aliphatic carbocycles. The maximum Gasteiger partial charge on any atom is 0.365 e. The van der Waals surface area contributed by atoms with Gasteiger partial charge in [-0.1, -0.05) is 22.8 Å². The number of carbonyl (C=O) groups is 2. The molecule has 22 heavy (non-hydrogen) atoms. The van der Waals surface area contributed by atoms with Crippen LogP contribution < -0.4 is 0 Å². The molecule has 2 rings (SSSR count). The first kappa shape index (κ1) is 15.5. The Labute approximate surface area is 129 Å². The Morgan fingerprint density at radius 3 is 2.14 bits per heavy atom. The van der Waals surface area contributed by atoms with Crippen molar-refractivity contribution in [2.75, 3.05) is 0 Å². The van der Waals surface area contributed by atoms with E-state index in [0.717, 1.165) is 12.1 Å². The van der Waals surface area contributed by atoms with E-state index in [9.17, 15) is 19.7 Å². The molecule has 0 saturated carbocycles. The minimum absolute atomic E-state index is 0.0251. The molecule has 0 bridgehead atoms. The average molecular weight is 321 g/mol. The standard InChI is InChI=1S/C14H9ClN2O5/c15-16(13(18)10-4-2-1-3-5-10)22-14(19)11-6-8-12(9-7-11)17(20)21/h1-9H. The third-order valence-corrected chi connectivity index (χ3v) is 2.88. The van der Waals surface area contributed by atoms with Crippen LogP contribution in [0.2, 0.25) is 0 Å². The lowest BCUT2D eigenvalue weighted by Crippen LogP contribution is -2.25. The monoisotopic (exact) mass is 320 g/mol. The zero-order chi connectivity index (χ0) is 16.1. The van der Waals surface area contributed by atoms with Gasteiger partial charge in [0.2, 0.25) is 0 Å². The predicted octanol–water partition coefficient (Wildman–Crippen LogP) is 2.96. The molecule has 0 spiro atoms. The van der Waals surface area contributed by atoms with Gasteiger partial charge >= 0.3 is 11.9 Å². The summed E-state index contributed by atoms with van der Waals surface area (Å²) in [6.07, 6.45) is 0. The number of nitrogens with zero attached hydrogens (tertiary/aromatic N) is 2. The first-order valence-corrected chi connectivity index (χ1v) is 6.35. The van der Waals surface area contributed by atoms with Gasteiger partial charge in [-0.05, 0) is 24.3 Å². The van der Waals surface area contributed by atoms with Crippen LogP contribution in [0.25, 0.3) is 0 Å². The maximum atomic E-state index is 11.9. The van der Waals surface area contributed by atoms with Gasteiger partial charge in [-0.2, -0.15) is 0 Å². The molecule has 0 aromatic heterocycles. The van der Waals surface area contributed by atoms with Gasteiger partial charge < -0.3 is 4.84 Å². The van der Waals surface area contributed by atoms with Gasteiger partial charge in [0, 0.05) is 17.7 Å². The molecule has 0 N–H and O–H groups in total. The molecule has 0 atom stereocenters. The van der Waals surface area contributed by atoms with Crippen molar-refractivity contribution < 1.29 is 19.3 Å². The molecule has 0 saturated heterocycles. The number of halogens is 1. The molecule has 0 radical (unpaired) electrons. The number of rotatable bonds is 3. The number of nitro groups is 1. The van der Waals surface area contributed by atoms with Gasteiger partial charge in [-0.15, -0.1) is 0 Å². The molecule has 0 aliphatic rings. The molecule has 7 nitrogen and oxygen atoms in total. The smallest absolute Gasteiger partial charge is 0.316 e. The summed E-state index contributed by atoms with van der Waals surface area (Å²) in [5.74, 6) is -1.62. The summed E-state index contributed by atoms with van der Waals surface area (Å²) in [6, 6.07) is 12.7. The first-order valence-electron chi connectivity index (χ1n) is 6.01. The lowest BCUT2D eigenvalue weighted by molar-refractivity contribution is -0.384. The van der Waals surface area contributed by atoms with Crippen molar-refractivity contribution in [3.63, 3.8) is 0 Å². The Balaban J connectivity index is 2.05. The number of hydrogen-bond donors (Lipinski definition) is 0. The second-order valence-electron chi connectivity index (χ2n) is 4.10. The minimum Gasteiger partial charge on any atom is -0.316 e. The third-order valence-electron chi connectivity index (χ3n) is 2.66. The molecular formula is C14H9ClN2O5. The molecule has 2 aromatic carbocycles. The fourth-order valence-corrected chi connectivity index (χ4v) is 1.73. The molecule has 0 unspecified atom stereocenters. The van der Waals surface area contributed by atoms with Crippen LogP contribution in [0, 0.1) is 10.1 Å². The van der Waals surface area contributed by atoms with E-state index in [1.54, 1.807) is 18.2 Å². The topological polar surface area (TPSA) is 89.8 Å². The van der Waals surface area contributed by atoms with Crippen LogP contribution in [0.4, 0.5) is 5.69 Å². The summed E-state index contributed by atoms with van der Waals surface area (Å²) in [4.78, 5) is 38.3. The van der Waals surface area contributed by atoms with Gasteiger partial charge in [-0.3, -0.25) is 14.9 Å². The zero-order valence-electron chi connectivity index (χ0n) is 11.0. The van der Waals surface area contributed by atoms with Crippen LogP contribution in [-0.2, 0) is 4.84 Å². The number of nitro benzene ring substituents is 1. The summed E-state index contributed by atoms with van der Waals surface area (Å²) in [5, 5.41) is 10.5. The Kier molecular flexibility index (Phi) is 4.70. The molecule has 0 fully saturated rings. The van der Waals surface area contributed by atoms with E-state index in [1.165, 1.54) is 24.3 Å². The number of carbonyl (C=O) groups excluding carboxylic acids is 2. The van der Waals surface area contributed by atoms with E-state index in [1.807, 2.05) is 0 Å². The van der Waals surface area contributed by atoms with Gasteiger partial charge in [0.15, 0.2) is 0 Å². The molecular weight excluding hydrogens is 312 g/mol. The highest BCUT2D eigenvalue weighted by molar-refractivity contribution is 6.23. The van der Waals surface area contributed by atoms with Gasteiger partial charge in [0.1, 0.15) is 0 Å². The molecule has 2 aromatic rings. The Morgan fingerprint density at radius 1 is 1.00 bits per heavy atom. The van der Waals surface area contributed by atoms with Crippen molar-refractivity contribution in [1.82, 2.24) is 4.58 Å². The second kappa shape index (κ2) is 6.68. The number of hydrogen-bond acceptors (Lipinski definition) is 5. The summed E-state index contributed by atoms with van der Waals surface area (Å²) in [5.41, 5.74) is 0.103. The lowest BCUT2D eigenvalue weighted by atomic mass is 10.2. The SMILES string of the molecule is O=C(ON(Cl)C(=O)c1ccccc1)c1ccc([N+](=O)[O-])cc1. The highest BCUT2D eigenvalue weighted by atomic mass is 35.5. The Morgan fingerprint density at radius 2 is 1.59 bits per heavy atom. The van der Waals surface area contributed by atoms with Crippen molar-refractivity contribution in [2.24, 2.45) is 0 Å². The van der Waals surface area contributed by atoms with Gasteiger partial charge in [0.05, 0.1) is 22.3 Å². The van der Waals surface area contributed by atoms with E-state index >= 15 is 0 Å². The van der Waals surface area contributed by atoms with Crippen LogP contribution in [-0.4, -0.2) is 21.4 Å². The predicted molar refractivity (Wildman–Crippen MR) is 77.0 cm³/mol. The summed E-state index contributed by atoms with van der Waals surface area (Å²) in [7, 11) is 0. The van der Waals surface area contributed by atoms with Crippen molar-refractivity contribution >= 4 is 29.3 Å². The molecule has 8 heteroatoms. The maximum absolute atomic E-state index is 11.9. The van der Waals surface area contributed by atoms with E-state index in [-0.39, 0.29) is 16.8 Å². The van der Waals surface area contributed by atoms with Crippen LogP contribution in [0.15, 0.2) is 54.6 Å². The van der Waals surface area contributed by atoms with Crippen molar-refractivity contribution in [3.8, 4) is 0 Å². The quantitative estimate of drug-likeness (QED) is 0.492. The van der Waals surface area contributed by atoms with Gasteiger partial charge in [0.25, 0.3) is 5.69 Å². The lowest BCUT2D eigenvalue weighted by Gasteiger charge is -2.12. The fourth-order valence-electron chi connectivity index (χ4n) is 1.57. The van der Waals surface area contributed by atoms with Gasteiger partial charge in [-0.25, -0.2) is 4.79 Å². The second-order valence-corrected chi connectivity index (χ2v) is 4.41. The zero-order valence-corrected chi connectivity index (χ0v) is 11.8. The Bertz CT molecular complexity index is 703. The normalized spacial score (nSPS) is 9.86. The van der Waals surface area contributed by atoms with Crippen LogP contribution in [0.3, 0.4) is 0 Å². The number of amides is 1. The van der Waals surface area contributed by atoms with E-state index in [0.29, 0.717) is 4.58 Å². The minimum atomic E-state index is -0.908. The molecule has 0 heterocycles. The summed E-state index contributed by atoms with van der Waals surface area (Å²) < 4.78 is 0.291. The molecule has 0 aliphatic heterocycles. The van der Waals surface area contributed by atoms with Crippen LogP contribution in [0.5, 0.6) is 0 Å². The van der Waals surface area contributed by atoms with Crippen molar-refractivity contribution in [3.05, 3.63) is 75.8 Å². The molecule has 1 amide bonds. The molecule has 112 valence electrons. The summed E-state index contributed by atoms with van der Waals surface area (Å²) >= 11 is 5.62. The van der Waals surface area contributed by atoms with Crippen LogP contribution in [0.1, 0.15) is 20.7 Å².